The highest BCUT2D eigenvalue weighted by Crippen LogP contribution is 2.36. The van der Waals surface area contributed by atoms with Gasteiger partial charge in [-0.25, -0.2) is 4.79 Å². The first-order valence-electron chi connectivity index (χ1n) is 7.90. The number of anilines is 1. The van der Waals surface area contributed by atoms with E-state index >= 15 is 0 Å². The molecule has 1 atom stereocenters. The van der Waals surface area contributed by atoms with E-state index in [0.29, 0.717) is 6.42 Å². The molecule has 0 spiro atoms. The molecule has 0 aliphatic heterocycles. The van der Waals surface area contributed by atoms with Crippen molar-refractivity contribution in [2.24, 2.45) is 0 Å². The summed E-state index contributed by atoms with van der Waals surface area (Å²) in [5.74, 6) is 0. The smallest absolute Gasteiger partial charge is 0.320 e. The minimum Gasteiger partial charge on any atom is -0.394 e. The number of fused-ring (bicyclic) bond motifs is 1. The van der Waals surface area contributed by atoms with E-state index in [2.05, 4.69) is 16.7 Å². The van der Waals surface area contributed by atoms with Crippen LogP contribution in [-0.4, -0.2) is 17.7 Å². The van der Waals surface area contributed by atoms with Gasteiger partial charge in [-0.1, -0.05) is 42.5 Å². The second-order valence-corrected chi connectivity index (χ2v) is 6.24. The molecular weight excluding hydrogens is 288 g/mol. The van der Waals surface area contributed by atoms with Crippen molar-refractivity contribution >= 4 is 11.7 Å². The van der Waals surface area contributed by atoms with Gasteiger partial charge in [0.25, 0.3) is 0 Å². The average Bonchev–Trinajstić information content (AvgIpc) is 2.91. The fourth-order valence-electron chi connectivity index (χ4n) is 3.40. The molecule has 0 saturated heterocycles. The fourth-order valence-corrected chi connectivity index (χ4v) is 3.40. The normalized spacial score (nSPS) is 19.3. The van der Waals surface area contributed by atoms with Crippen LogP contribution in [0.15, 0.2) is 42.5 Å². The summed E-state index contributed by atoms with van der Waals surface area (Å²) in [6.45, 7) is 3.83. The van der Waals surface area contributed by atoms with Gasteiger partial charge in [-0.15, -0.1) is 0 Å². The first-order chi connectivity index (χ1) is 11.1. The highest BCUT2D eigenvalue weighted by atomic mass is 16.3. The van der Waals surface area contributed by atoms with Crippen molar-refractivity contribution in [1.29, 1.82) is 0 Å². The van der Waals surface area contributed by atoms with Crippen molar-refractivity contribution in [2.45, 2.75) is 32.2 Å². The first-order valence-corrected chi connectivity index (χ1v) is 7.90. The molecule has 0 bridgehead atoms. The second-order valence-electron chi connectivity index (χ2n) is 6.24. The number of amides is 2. The summed E-state index contributed by atoms with van der Waals surface area (Å²) in [4.78, 5) is 12.5. The molecule has 1 aliphatic carbocycles. The van der Waals surface area contributed by atoms with Crippen molar-refractivity contribution < 1.29 is 9.90 Å². The van der Waals surface area contributed by atoms with E-state index in [1.807, 2.05) is 50.2 Å². The van der Waals surface area contributed by atoms with Crippen LogP contribution >= 0.6 is 0 Å². The lowest BCUT2D eigenvalue weighted by Gasteiger charge is -2.30. The minimum atomic E-state index is -0.697. The summed E-state index contributed by atoms with van der Waals surface area (Å²) < 4.78 is 0. The molecule has 23 heavy (non-hydrogen) atoms. The predicted octanol–water partition coefficient (Wildman–Crippen LogP) is 3.26. The molecule has 0 aromatic heterocycles. The number of carbonyl (C=O) groups is 1. The van der Waals surface area contributed by atoms with Gasteiger partial charge in [0.05, 0.1) is 12.1 Å². The Morgan fingerprint density at radius 1 is 1.13 bits per heavy atom. The molecule has 0 saturated carbocycles. The lowest BCUT2D eigenvalue weighted by Crippen LogP contribution is -2.49. The molecule has 0 heterocycles. The molecule has 0 fully saturated rings. The van der Waals surface area contributed by atoms with E-state index in [4.69, 9.17) is 0 Å². The van der Waals surface area contributed by atoms with E-state index in [9.17, 15) is 9.90 Å². The molecule has 4 nitrogen and oxygen atoms in total. The zero-order valence-corrected chi connectivity index (χ0v) is 13.5. The number of aryl methyl sites for hydroxylation is 3. The quantitative estimate of drug-likeness (QED) is 0.815. The highest BCUT2D eigenvalue weighted by molar-refractivity contribution is 5.91. The Balaban J connectivity index is 1.82. The minimum absolute atomic E-state index is 0.107. The summed E-state index contributed by atoms with van der Waals surface area (Å²) in [5.41, 5.74) is 4.37. The lowest BCUT2D eigenvalue weighted by molar-refractivity contribution is 0.164. The number of benzene rings is 2. The number of carbonyl (C=O) groups excluding carboxylic acids is 1. The SMILES string of the molecule is Cc1cccc(C)c1NC(=O)NC1(CO)CCc2ccccc21. The highest BCUT2D eigenvalue weighted by Gasteiger charge is 2.39. The number of urea groups is 1. The summed E-state index contributed by atoms with van der Waals surface area (Å²) in [6, 6.07) is 13.6. The van der Waals surface area contributed by atoms with Crippen LogP contribution < -0.4 is 10.6 Å². The van der Waals surface area contributed by atoms with Gasteiger partial charge in [0.15, 0.2) is 0 Å². The van der Waals surface area contributed by atoms with Crippen LogP contribution in [0.25, 0.3) is 0 Å². The third kappa shape index (κ3) is 2.82. The van der Waals surface area contributed by atoms with E-state index in [1.54, 1.807) is 0 Å². The Bertz CT molecular complexity index is 722. The molecular formula is C19H22N2O2. The van der Waals surface area contributed by atoms with Gasteiger partial charge in [-0.2, -0.15) is 0 Å². The van der Waals surface area contributed by atoms with Crippen molar-refractivity contribution in [1.82, 2.24) is 5.32 Å². The Kier molecular flexibility index (Phi) is 4.09. The Hall–Kier alpha value is -2.33. The zero-order valence-electron chi connectivity index (χ0n) is 13.5. The number of hydrogen-bond acceptors (Lipinski definition) is 2. The topological polar surface area (TPSA) is 61.4 Å². The first kappa shape index (κ1) is 15.6. The molecule has 3 rings (SSSR count). The van der Waals surface area contributed by atoms with Crippen LogP contribution in [0.4, 0.5) is 10.5 Å². The summed E-state index contributed by atoms with van der Waals surface area (Å²) in [5, 5.41) is 15.9. The largest absolute Gasteiger partial charge is 0.394 e. The Morgan fingerprint density at radius 3 is 2.52 bits per heavy atom. The molecule has 1 aliphatic rings. The molecule has 2 aromatic rings. The number of aliphatic hydroxyl groups is 1. The monoisotopic (exact) mass is 310 g/mol. The fraction of sp³-hybridized carbons (Fsp3) is 0.316. The number of para-hydroxylation sites is 1. The van der Waals surface area contributed by atoms with E-state index in [1.165, 1.54) is 5.56 Å². The zero-order chi connectivity index (χ0) is 16.4. The van der Waals surface area contributed by atoms with Crippen molar-refractivity contribution in [2.75, 3.05) is 11.9 Å². The molecule has 0 radical (unpaired) electrons. The average molecular weight is 310 g/mol. The molecule has 1 unspecified atom stereocenters. The lowest BCUT2D eigenvalue weighted by atomic mass is 9.93. The predicted molar refractivity (Wildman–Crippen MR) is 91.6 cm³/mol. The van der Waals surface area contributed by atoms with E-state index < -0.39 is 5.54 Å². The molecule has 120 valence electrons. The number of rotatable bonds is 3. The standard InChI is InChI=1S/C19H22N2O2/c1-13-6-5-7-14(2)17(13)20-18(23)21-19(12-22)11-10-15-8-3-4-9-16(15)19/h3-9,22H,10-12H2,1-2H3,(H2,20,21,23). The Morgan fingerprint density at radius 2 is 1.83 bits per heavy atom. The molecule has 4 heteroatoms. The molecule has 2 aromatic carbocycles. The maximum absolute atomic E-state index is 12.5. The van der Waals surface area contributed by atoms with Crippen LogP contribution in [0.5, 0.6) is 0 Å². The van der Waals surface area contributed by atoms with Crippen LogP contribution in [0, 0.1) is 13.8 Å². The maximum Gasteiger partial charge on any atom is 0.320 e. The molecule has 2 amide bonds. The number of hydrogen-bond donors (Lipinski definition) is 3. The van der Waals surface area contributed by atoms with Gasteiger partial charge in [-0.05, 0) is 48.9 Å². The van der Waals surface area contributed by atoms with Gasteiger partial charge < -0.3 is 15.7 Å². The van der Waals surface area contributed by atoms with Crippen LogP contribution in [0.2, 0.25) is 0 Å². The maximum atomic E-state index is 12.5. The van der Waals surface area contributed by atoms with Crippen LogP contribution in [0.1, 0.15) is 28.7 Å². The van der Waals surface area contributed by atoms with Crippen molar-refractivity contribution in [3.63, 3.8) is 0 Å². The molecule has 3 N–H and O–H groups in total. The second kappa shape index (κ2) is 6.05. The van der Waals surface area contributed by atoms with Gasteiger partial charge in [-0.3, -0.25) is 0 Å². The van der Waals surface area contributed by atoms with Gasteiger partial charge in [0.2, 0.25) is 0 Å². The third-order valence-corrected chi connectivity index (χ3v) is 4.70. The van der Waals surface area contributed by atoms with Gasteiger partial charge in [0, 0.05) is 5.69 Å². The van der Waals surface area contributed by atoms with Crippen molar-refractivity contribution in [3.8, 4) is 0 Å². The van der Waals surface area contributed by atoms with Crippen LogP contribution in [-0.2, 0) is 12.0 Å². The van der Waals surface area contributed by atoms with Gasteiger partial charge >= 0.3 is 6.03 Å². The summed E-state index contributed by atoms with van der Waals surface area (Å²) in [6.07, 6.45) is 1.57. The van der Waals surface area contributed by atoms with Crippen molar-refractivity contribution in [3.05, 3.63) is 64.7 Å². The Labute approximate surface area is 136 Å². The third-order valence-electron chi connectivity index (χ3n) is 4.70. The van der Waals surface area contributed by atoms with E-state index in [0.717, 1.165) is 28.8 Å². The van der Waals surface area contributed by atoms with Crippen LogP contribution in [0.3, 0.4) is 0 Å². The number of aliphatic hydroxyl groups excluding tert-OH is 1. The van der Waals surface area contributed by atoms with Gasteiger partial charge in [0.1, 0.15) is 0 Å². The summed E-state index contributed by atoms with van der Waals surface area (Å²) in [7, 11) is 0. The van der Waals surface area contributed by atoms with E-state index in [-0.39, 0.29) is 12.6 Å². The number of nitrogens with one attached hydrogen (secondary N) is 2. The summed E-state index contributed by atoms with van der Waals surface area (Å²) >= 11 is 0.